The van der Waals surface area contributed by atoms with Crippen LogP contribution < -0.4 is 5.32 Å². The summed E-state index contributed by atoms with van der Waals surface area (Å²) >= 11 is 0. The predicted molar refractivity (Wildman–Crippen MR) is 66.2 cm³/mol. The number of benzene rings is 1. The summed E-state index contributed by atoms with van der Waals surface area (Å²) in [7, 11) is 0. The number of aromatic amines is 1. The van der Waals surface area contributed by atoms with E-state index in [0.717, 1.165) is 5.56 Å². The summed E-state index contributed by atoms with van der Waals surface area (Å²) in [4.78, 5) is 15.6. The average molecular weight is 246 g/mol. The SMILES string of the molecule is Cc1nc(NC(=O)CCc2ccccc2O)n[nH]1. The number of aryl methyl sites for hydroxylation is 2. The Bertz CT molecular complexity index is 551. The van der Waals surface area contributed by atoms with E-state index in [9.17, 15) is 9.90 Å². The van der Waals surface area contributed by atoms with Gasteiger partial charge in [0.05, 0.1) is 0 Å². The van der Waals surface area contributed by atoms with Crippen LogP contribution in [-0.2, 0) is 11.2 Å². The molecule has 0 saturated carbocycles. The Labute approximate surface area is 104 Å². The molecule has 0 radical (unpaired) electrons. The van der Waals surface area contributed by atoms with Gasteiger partial charge < -0.3 is 5.11 Å². The van der Waals surface area contributed by atoms with Gasteiger partial charge in [-0.15, -0.1) is 5.10 Å². The van der Waals surface area contributed by atoms with Gasteiger partial charge in [-0.05, 0) is 25.0 Å². The molecule has 1 heterocycles. The number of rotatable bonds is 4. The van der Waals surface area contributed by atoms with Gasteiger partial charge in [0.2, 0.25) is 11.9 Å². The Morgan fingerprint density at radius 2 is 2.22 bits per heavy atom. The minimum atomic E-state index is -0.183. The van der Waals surface area contributed by atoms with Crippen LogP contribution in [0.1, 0.15) is 17.8 Å². The molecule has 0 aliphatic rings. The zero-order valence-corrected chi connectivity index (χ0v) is 9.97. The van der Waals surface area contributed by atoms with E-state index >= 15 is 0 Å². The number of nitrogens with zero attached hydrogens (tertiary/aromatic N) is 2. The van der Waals surface area contributed by atoms with Gasteiger partial charge in [-0.1, -0.05) is 18.2 Å². The summed E-state index contributed by atoms with van der Waals surface area (Å²) < 4.78 is 0. The number of para-hydroxylation sites is 1. The van der Waals surface area contributed by atoms with Crippen molar-refractivity contribution in [2.45, 2.75) is 19.8 Å². The lowest BCUT2D eigenvalue weighted by atomic mass is 10.1. The van der Waals surface area contributed by atoms with Crippen LogP contribution >= 0.6 is 0 Å². The smallest absolute Gasteiger partial charge is 0.248 e. The number of anilines is 1. The summed E-state index contributed by atoms with van der Waals surface area (Å²) in [6.45, 7) is 1.75. The maximum atomic E-state index is 11.6. The maximum absolute atomic E-state index is 11.6. The molecule has 18 heavy (non-hydrogen) atoms. The van der Waals surface area contributed by atoms with E-state index in [4.69, 9.17) is 0 Å². The molecule has 94 valence electrons. The summed E-state index contributed by atoms with van der Waals surface area (Å²) in [5, 5.41) is 18.6. The highest BCUT2D eigenvalue weighted by atomic mass is 16.3. The molecule has 0 unspecified atom stereocenters. The van der Waals surface area contributed by atoms with Crippen molar-refractivity contribution in [2.24, 2.45) is 0 Å². The number of aromatic nitrogens is 3. The summed E-state index contributed by atoms with van der Waals surface area (Å²) in [6, 6.07) is 6.96. The van der Waals surface area contributed by atoms with Crippen molar-refractivity contribution in [1.29, 1.82) is 0 Å². The minimum Gasteiger partial charge on any atom is -0.508 e. The average Bonchev–Trinajstić information content (AvgIpc) is 2.74. The first-order valence-electron chi connectivity index (χ1n) is 5.61. The number of nitrogens with one attached hydrogen (secondary N) is 2. The molecule has 1 amide bonds. The van der Waals surface area contributed by atoms with Crippen molar-refractivity contribution in [3.8, 4) is 5.75 Å². The van der Waals surface area contributed by atoms with E-state index in [0.29, 0.717) is 12.2 Å². The fourth-order valence-electron chi connectivity index (χ4n) is 1.56. The molecule has 0 fully saturated rings. The van der Waals surface area contributed by atoms with Crippen molar-refractivity contribution in [3.63, 3.8) is 0 Å². The first-order chi connectivity index (χ1) is 8.65. The molecule has 1 aromatic heterocycles. The van der Waals surface area contributed by atoms with Gasteiger partial charge in [0.1, 0.15) is 11.6 Å². The second-order valence-electron chi connectivity index (χ2n) is 3.92. The number of hydrogen-bond acceptors (Lipinski definition) is 4. The number of H-pyrrole nitrogens is 1. The molecule has 0 aliphatic carbocycles. The molecular formula is C12H14N4O2. The zero-order chi connectivity index (χ0) is 13.0. The van der Waals surface area contributed by atoms with Crippen LogP contribution in [-0.4, -0.2) is 26.2 Å². The van der Waals surface area contributed by atoms with E-state index in [1.54, 1.807) is 25.1 Å². The molecule has 6 nitrogen and oxygen atoms in total. The van der Waals surface area contributed by atoms with Crippen molar-refractivity contribution in [3.05, 3.63) is 35.7 Å². The van der Waals surface area contributed by atoms with Crippen molar-refractivity contribution < 1.29 is 9.90 Å². The fraction of sp³-hybridized carbons (Fsp3) is 0.250. The number of phenolic OH excluding ortho intramolecular Hbond substituents is 1. The molecular weight excluding hydrogens is 232 g/mol. The van der Waals surface area contributed by atoms with Gasteiger partial charge in [-0.3, -0.25) is 15.2 Å². The fourth-order valence-corrected chi connectivity index (χ4v) is 1.56. The van der Waals surface area contributed by atoms with Gasteiger partial charge in [0.25, 0.3) is 0 Å². The second kappa shape index (κ2) is 5.31. The summed E-state index contributed by atoms with van der Waals surface area (Å²) in [5.74, 6) is 0.942. The molecule has 3 N–H and O–H groups in total. The third kappa shape index (κ3) is 3.07. The molecule has 2 rings (SSSR count). The molecule has 0 saturated heterocycles. The molecule has 0 bridgehead atoms. The Morgan fingerprint density at radius 3 is 2.89 bits per heavy atom. The minimum absolute atomic E-state index is 0.183. The number of phenols is 1. The summed E-state index contributed by atoms with van der Waals surface area (Å²) in [5.41, 5.74) is 0.749. The number of hydrogen-bond donors (Lipinski definition) is 3. The van der Waals surface area contributed by atoms with E-state index in [1.807, 2.05) is 6.07 Å². The molecule has 0 aliphatic heterocycles. The van der Waals surface area contributed by atoms with Gasteiger partial charge >= 0.3 is 0 Å². The van der Waals surface area contributed by atoms with Crippen LogP contribution in [0.25, 0.3) is 0 Å². The first kappa shape index (κ1) is 12.1. The van der Waals surface area contributed by atoms with E-state index in [-0.39, 0.29) is 24.0 Å². The Morgan fingerprint density at radius 1 is 1.44 bits per heavy atom. The van der Waals surface area contributed by atoms with Gasteiger partial charge in [-0.2, -0.15) is 4.98 Å². The van der Waals surface area contributed by atoms with Gasteiger partial charge in [-0.25, -0.2) is 0 Å². The van der Waals surface area contributed by atoms with Crippen LogP contribution in [0.2, 0.25) is 0 Å². The van der Waals surface area contributed by atoms with Gasteiger partial charge in [0, 0.05) is 6.42 Å². The van der Waals surface area contributed by atoms with Crippen molar-refractivity contribution in [1.82, 2.24) is 15.2 Å². The highest BCUT2D eigenvalue weighted by Gasteiger charge is 2.07. The highest BCUT2D eigenvalue weighted by molar-refractivity contribution is 5.89. The topological polar surface area (TPSA) is 90.9 Å². The number of carbonyl (C=O) groups excluding carboxylic acids is 1. The Kier molecular flexibility index (Phi) is 3.57. The second-order valence-corrected chi connectivity index (χ2v) is 3.92. The molecule has 2 aromatic rings. The highest BCUT2D eigenvalue weighted by Crippen LogP contribution is 2.17. The molecule has 0 spiro atoms. The van der Waals surface area contributed by atoms with E-state index in [1.165, 1.54) is 0 Å². The molecule has 6 heteroatoms. The van der Waals surface area contributed by atoms with Crippen molar-refractivity contribution in [2.75, 3.05) is 5.32 Å². The normalized spacial score (nSPS) is 10.3. The lowest BCUT2D eigenvalue weighted by Crippen LogP contribution is -2.13. The van der Waals surface area contributed by atoms with Crippen LogP contribution in [0, 0.1) is 6.92 Å². The first-order valence-corrected chi connectivity index (χ1v) is 5.61. The molecule has 1 aromatic carbocycles. The lowest BCUT2D eigenvalue weighted by Gasteiger charge is -2.03. The number of carbonyl (C=O) groups is 1. The quantitative estimate of drug-likeness (QED) is 0.760. The predicted octanol–water partition coefficient (Wildman–Crippen LogP) is 1.39. The van der Waals surface area contributed by atoms with Crippen LogP contribution in [0.4, 0.5) is 5.95 Å². The van der Waals surface area contributed by atoms with E-state index < -0.39 is 0 Å². The lowest BCUT2D eigenvalue weighted by molar-refractivity contribution is -0.116. The maximum Gasteiger partial charge on any atom is 0.248 e. The Balaban J connectivity index is 1.87. The number of amides is 1. The van der Waals surface area contributed by atoms with Crippen LogP contribution in [0.5, 0.6) is 5.75 Å². The van der Waals surface area contributed by atoms with Crippen LogP contribution in [0.3, 0.4) is 0 Å². The Hall–Kier alpha value is -2.37. The largest absolute Gasteiger partial charge is 0.508 e. The van der Waals surface area contributed by atoms with Crippen molar-refractivity contribution >= 4 is 11.9 Å². The number of aromatic hydroxyl groups is 1. The summed E-state index contributed by atoms with van der Waals surface area (Å²) in [6.07, 6.45) is 0.743. The van der Waals surface area contributed by atoms with Crippen LogP contribution in [0.15, 0.2) is 24.3 Å². The monoisotopic (exact) mass is 246 g/mol. The zero-order valence-electron chi connectivity index (χ0n) is 9.97. The third-order valence-electron chi connectivity index (χ3n) is 2.46. The third-order valence-corrected chi connectivity index (χ3v) is 2.46. The standard InChI is InChI=1S/C12H14N4O2/c1-8-13-12(16-15-8)14-11(18)7-6-9-4-2-3-5-10(9)17/h2-5,17H,6-7H2,1H3,(H2,13,14,15,16,18). The van der Waals surface area contributed by atoms with Gasteiger partial charge in [0.15, 0.2) is 0 Å². The van der Waals surface area contributed by atoms with E-state index in [2.05, 4.69) is 20.5 Å². The molecule has 0 atom stereocenters.